The van der Waals surface area contributed by atoms with Crippen LogP contribution in [-0.2, 0) is 12.7 Å². The van der Waals surface area contributed by atoms with Crippen LogP contribution in [-0.4, -0.2) is 10.5 Å². The van der Waals surface area contributed by atoms with Crippen LogP contribution in [0.25, 0.3) is 0 Å². The van der Waals surface area contributed by atoms with Gasteiger partial charge in [0, 0.05) is 11.4 Å². The van der Waals surface area contributed by atoms with Gasteiger partial charge in [-0.25, -0.2) is 0 Å². The van der Waals surface area contributed by atoms with Gasteiger partial charge in [0.25, 0.3) is 5.91 Å². The van der Waals surface area contributed by atoms with Crippen LogP contribution in [0, 0.1) is 13.8 Å². The maximum Gasteiger partial charge on any atom is 0.416 e. The summed E-state index contributed by atoms with van der Waals surface area (Å²) in [6, 6.07) is 12.3. The van der Waals surface area contributed by atoms with Crippen LogP contribution >= 0.6 is 11.3 Å². The number of rotatable bonds is 4. The Morgan fingerprint density at radius 3 is 2.36 bits per heavy atom. The molecule has 0 unspecified atom stereocenters. The molecule has 0 saturated heterocycles. The van der Waals surface area contributed by atoms with Crippen LogP contribution in [0.1, 0.15) is 32.1 Å². The van der Waals surface area contributed by atoms with Crippen LogP contribution in [0.15, 0.2) is 53.3 Å². The third-order valence-corrected chi connectivity index (χ3v) is 5.39. The van der Waals surface area contributed by atoms with Gasteiger partial charge in [-0.15, -0.1) is 0 Å². The van der Waals surface area contributed by atoms with Crippen molar-refractivity contribution in [3.8, 4) is 0 Å². The fraction of sp³-hybridized carbons (Fsp3) is 0.200. The van der Waals surface area contributed by atoms with Crippen molar-refractivity contribution < 1.29 is 18.0 Å². The number of amides is 1. The second kappa shape index (κ2) is 7.63. The Morgan fingerprint density at radius 2 is 1.71 bits per heavy atom. The normalized spacial score (nSPS) is 11.5. The minimum absolute atomic E-state index is 0.0245. The number of halogens is 3. The smallest absolute Gasteiger partial charge is 0.321 e. The molecule has 0 fully saturated rings. The maximum atomic E-state index is 13.2. The molecule has 0 saturated carbocycles. The Balaban J connectivity index is 1.90. The zero-order valence-electron chi connectivity index (χ0n) is 15.1. The molecule has 0 atom stereocenters. The highest BCUT2D eigenvalue weighted by molar-refractivity contribution is 7.11. The van der Waals surface area contributed by atoms with Gasteiger partial charge < -0.3 is 5.32 Å². The first kappa shape index (κ1) is 19.9. The largest absolute Gasteiger partial charge is 0.416 e. The molecule has 1 aromatic heterocycles. The summed E-state index contributed by atoms with van der Waals surface area (Å²) in [5.41, 5.74) is 1.12. The first-order valence-corrected chi connectivity index (χ1v) is 9.22. The lowest BCUT2D eigenvalue weighted by Gasteiger charge is -2.13. The summed E-state index contributed by atoms with van der Waals surface area (Å²) in [6.07, 6.45) is -4.52. The zero-order valence-corrected chi connectivity index (χ0v) is 15.9. The van der Waals surface area contributed by atoms with E-state index in [0.29, 0.717) is 11.4 Å². The van der Waals surface area contributed by atoms with E-state index in [0.717, 1.165) is 23.0 Å². The van der Waals surface area contributed by atoms with Gasteiger partial charge in [0.15, 0.2) is 0 Å². The number of aryl methyl sites for hydroxylation is 1. The summed E-state index contributed by atoms with van der Waals surface area (Å²) in [5, 5.41) is 2.71. The van der Waals surface area contributed by atoms with Crippen molar-refractivity contribution in [1.29, 1.82) is 0 Å². The summed E-state index contributed by atoms with van der Waals surface area (Å²) < 4.78 is 40.8. The second-order valence-corrected chi connectivity index (χ2v) is 7.31. The molecule has 0 aliphatic carbocycles. The number of carbonyl (C=O) groups excluding carboxylic acids is 1. The number of hydrogen-bond acceptors (Lipinski definition) is 3. The number of hydrogen-bond donors (Lipinski definition) is 1. The summed E-state index contributed by atoms with van der Waals surface area (Å²) in [4.78, 5) is 24.6. The molecule has 0 spiro atoms. The summed E-state index contributed by atoms with van der Waals surface area (Å²) >= 11 is 0.718. The molecule has 0 radical (unpaired) electrons. The molecular weight excluding hydrogens is 389 g/mol. The highest BCUT2D eigenvalue weighted by Gasteiger charge is 2.33. The monoisotopic (exact) mass is 406 g/mol. The summed E-state index contributed by atoms with van der Waals surface area (Å²) in [6.45, 7) is 3.22. The fourth-order valence-electron chi connectivity index (χ4n) is 2.80. The number of thiazole rings is 1. The van der Waals surface area contributed by atoms with Crippen molar-refractivity contribution in [2.45, 2.75) is 26.6 Å². The second-order valence-electron chi connectivity index (χ2n) is 6.34. The third kappa shape index (κ3) is 4.17. The van der Waals surface area contributed by atoms with Gasteiger partial charge >= 0.3 is 11.0 Å². The number of anilines is 1. The molecule has 1 N–H and O–H groups in total. The molecule has 4 nitrogen and oxygen atoms in total. The van der Waals surface area contributed by atoms with Crippen molar-refractivity contribution in [1.82, 2.24) is 4.57 Å². The molecule has 1 amide bonds. The van der Waals surface area contributed by atoms with Gasteiger partial charge in [-0.3, -0.25) is 14.2 Å². The molecule has 2 aromatic carbocycles. The maximum absolute atomic E-state index is 13.2. The quantitative estimate of drug-likeness (QED) is 0.674. The van der Waals surface area contributed by atoms with Crippen molar-refractivity contribution in [3.63, 3.8) is 0 Å². The lowest BCUT2D eigenvalue weighted by Crippen LogP contribution is -2.19. The third-order valence-electron chi connectivity index (χ3n) is 4.31. The van der Waals surface area contributed by atoms with Crippen LogP contribution in [0.2, 0.25) is 0 Å². The Morgan fingerprint density at radius 1 is 1.07 bits per heavy atom. The van der Waals surface area contributed by atoms with E-state index in [1.54, 1.807) is 19.1 Å². The zero-order chi connectivity index (χ0) is 20.5. The molecule has 3 rings (SSSR count). The lowest BCUT2D eigenvalue weighted by atomic mass is 10.1. The van der Waals surface area contributed by atoms with E-state index >= 15 is 0 Å². The van der Waals surface area contributed by atoms with E-state index in [2.05, 4.69) is 5.32 Å². The molecule has 3 aromatic rings. The van der Waals surface area contributed by atoms with Gasteiger partial charge in [-0.05, 0) is 37.6 Å². The highest BCUT2D eigenvalue weighted by Crippen LogP contribution is 2.32. The SMILES string of the molecule is Cc1ccc(NC(=O)c2sc(=O)n(Cc3ccccc3C(F)(F)F)c2C)cc1. The molecule has 0 bridgehead atoms. The van der Waals surface area contributed by atoms with E-state index in [9.17, 15) is 22.8 Å². The van der Waals surface area contributed by atoms with Gasteiger partial charge in [0.2, 0.25) is 0 Å². The molecule has 146 valence electrons. The Kier molecular flexibility index (Phi) is 5.42. The Hall–Kier alpha value is -2.87. The highest BCUT2D eigenvalue weighted by atomic mass is 32.1. The molecule has 0 aliphatic rings. The molecule has 1 heterocycles. The van der Waals surface area contributed by atoms with Crippen molar-refractivity contribution in [2.75, 3.05) is 5.32 Å². The van der Waals surface area contributed by atoms with Crippen molar-refractivity contribution >= 4 is 22.9 Å². The van der Waals surface area contributed by atoms with Gasteiger partial charge in [-0.1, -0.05) is 47.2 Å². The summed E-state index contributed by atoms with van der Waals surface area (Å²) in [5.74, 6) is -0.466. The average molecular weight is 406 g/mol. The van der Waals surface area contributed by atoms with E-state index in [1.165, 1.54) is 22.8 Å². The number of aromatic nitrogens is 1. The van der Waals surface area contributed by atoms with Crippen molar-refractivity contribution in [2.24, 2.45) is 0 Å². The first-order chi connectivity index (χ1) is 13.2. The Labute approximate surface area is 163 Å². The van der Waals surface area contributed by atoms with Crippen LogP contribution in [0.4, 0.5) is 18.9 Å². The standard InChI is InChI=1S/C20H17F3N2O2S/c1-12-7-9-15(10-8-12)24-18(26)17-13(2)25(19(27)28-17)11-14-5-3-4-6-16(14)20(21,22)23/h3-10H,11H2,1-2H3,(H,24,26). The molecule has 28 heavy (non-hydrogen) atoms. The predicted molar refractivity (Wildman–Crippen MR) is 103 cm³/mol. The average Bonchev–Trinajstić information content (AvgIpc) is 2.91. The number of alkyl halides is 3. The van der Waals surface area contributed by atoms with E-state index < -0.39 is 22.5 Å². The van der Waals surface area contributed by atoms with Crippen LogP contribution < -0.4 is 10.2 Å². The molecule has 0 aliphatic heterocycles. The van der Waals surface area contributed by atoms with E-state index in [1.807, 2.05) is 19.1 Å². The van der Waals surface area contributed by atoms with Crippen molar-refractivity contribution in [3.05, 3.63) is 85.5 Å². The number of carbonyl (C=O) groups is 1. The predicted octanol–water partition coefficient (Wildman–Crippen LogP) is 4.85. The first-order valence-electron chi connectivity index (χ1n) is 8.40. The minimum Gasteiger partial charge on any atom is -0.321 e. The number of nitrogens with zero attached hydrogens (tertiary/aromatic N) is 1. The topological polar surface area (TPSA) is 51.1 Å². The minimum atomic E-state index is -4.52. The molecular formula is C20H17F3N2O2S. The van der Waals surface area contributed by atoms with Crippen LogP contribution in [0.3, 0.4) is 0 Å². The van der Waals surface area contributed by atoms with E-state index in [-0.39, 0.29) is 17.0 Å². The van der Waals surface area contributed by atoms with Gasteiger partial charge in [0.1, 0.15) is 4.88 Å². The van der Waals surface area contributed by atoms with E-state index in [4.69, 9.17) is 0 Å². The number of benzene rings is 2. The summed E-state index contributed by atoms with van der Waals surface area (Å²) in [7, 11) is 0. The molecule has 8 heteroatoms. The lowest BCUT2D eigenvalue weighted by molar-refractivity contribution is -0.138. The van der Waals surface area contributed by atoms with Gasteiger partial charge in [-0.2, -0.15) is 13.2 Å². The Bertz CT molecular complexity index is 1070. The van der Waals surface area contributed by atoms with Crippen LogP contribution in [0.5, 0.6) is 0 Å². The number of nitrogens with one attached hydrogen (secondary N) is 1. The van der Waals surface area contributed by atoms with Gasteiger partial charge in [0.05, 0.1) is 12.1 Å². The fourth-order valence-corrected chi connectivity index (χ4v) is 3.69.